The summed E-state index contributed by atoms with van der Waals surface area (Å²) in [7, 11) is 0. The van der Waals surface area contributed by atoms with Crippen LogP contribution in [0.25, 0.3) is 10.2 Å². The summed E-state index contributed by atoms with van der Waals surface area (Å²) in [5.74, 6) is 1.09. The van der Waals surface area contributed by atoms with Crippen molar-refractivity contribution in [3.8, 4) is 0 Å². The zero-order chi connectivity index (χ0) is 16.8. The van der Waals surface area contributed by atoms with Crippen LogP contribution < -0.4 is 5.32 Å². The van der Waals surface area contributed by atoms with Gasteiger partial charge in [0, 0.05) is 12.2 Å². The predicted octanol–water partition coefficient (Wildman–Crippen LogP) is 4.36. The Kier molecular flexibility index (Phi) is 6.17. The van der Waals surface area contributed by atoms with Gasteiger partial charge in [-0.2, -0.15) is 0 Å². The minimum Gasteiger partial charge on any atom is -0.300 e. The second kappa shape index (κ2) is 8.55. The van der Waals surface area contributed by atoms with Crippen molar-refractivity contribution in [3.63, 3.8) is 0 Å². The number of fused-ring (bicyclic) bond motifs is 1. The first-order valence-corrected chi connectivity index (χ1v) is 10.6. The molecular formula is C16H18N4OS3. The summed E-state index contributed by atoms with van der Waals surface area (Å²) in [5.41, 5.74) is 1.02. The van der Waals surface area contributed by atoms with Crippen LogP contribution in [0.3, 0.4) is 0 Å². The lowest BCUT2D eigenvalue weighted by Gasteiger charge is -1.99. The number of carbonyl (C=O) groups excluding carboxylic acids is 1. The highest BCUT2D eigenvalue weighted by Gasteiger charge is 2.09. The topological polar surface area (TPSA) is 67.8 Å². The van der Waals surface area contributed by atoms with Crippen LogP contribution in [-0.4, -0.2) is 26.8 Å². The van der Waals surface area contributed by atoms with E-state index in [9.17, 15) is 4.79 Å². The van der Waals surface area contributed by atoms with Crippen LogP contribution >= 0.6 is 34.4 Å². The molecule has 126 valence electrons. The molecular weight excluding hydrogens is 360 g/mol. The second-order valence-electron chi connectivity index (χ2n) is 5.22. The number of carbonyl (C=O) groups is 1. The van der Waals surface area contributed by atoms with Gasteiger partial charge in [-0.15, -0.1) is 33.3 Å². The van der Waals surface area contributed by atoms with Gasteiger partial charge in [0.25, 0.3) is 0 Å². The fourth-order valence-corrected chi connectivity index (χ4v) is 4.75. The lowest BCUT2D eigenvalue weighted by Crippen LogP contribution is -2.13. The fourth-order valence-electron chi connectivity index (χ4n) is 2.10. The predicted molar refractivity (Wildman–Crippen MR) is 103 cm³/mol. The van der Waals surface area contributed by atoms with E-state index >= 15 is 0 Å². The molecule has 0 aliphatic rings. The Labute approximate surface area is 152 Å². The molecule has 0 saturated carbocycles. The van der Waals surface area contributed by atoms with Crippen LogP contribution in [0.2, 0.25) is 0 Å². The summed E-state index contributed by atoms with van der Waals surface area (Å²) in [6.45, 7) is 2.15. The van der Waals surface area contributed by atoms with Crippen molar-refractivity contribution in [3.05, 3.63) is 34.3 Å². The number of anilines is 1. The number of nitrogens with one attached hydrogen (secondary N) is 1. The maximum absolute atomic E-state index is 12.0. The van der Waals surface area contributed by atoms with E-state index in [1.54, 1.807) is 23.1 Å². The van der Waals surface area contributed by atoms with E-state index in [1.165, 1.54) is 16.0 Å². The highest BCUT2D eigenvalue weighted by Crippen LogP contribution is 2.25. The molecule has 1 aromatic carbocycles. The molecule has 24 heavy (non-hydrogen) atoms. The molecule has 8 heteroatoms. The molecule has 2 heterocycles. The van der Waals surface area contributed by atoms with Crippen molar-refractivity contribution < 1.29 is 4.79 Å². The van der Waals surface area contributed by atoms with Crippen molar-refractivity contribution in [1.82, 2.24) is 15.2 Å². The van der Waals surface area contributed by atoms with Gasteiger partial charge in [0.05, 0.1) is 16.0 Å². The number of aryl methyl sites for hydroxylation is 1. The van der Waals surface area contributed by atoms with Crippen molar-refractivity contribution in [2.24, 2.45) is 0 Å². The highest BCUT2D eigenvalue weighted by molar-refractivity contribution is 7.99. The number of para-hydroxylation sites is 1. The average Bonchev–Trinajstić information content (AvgIpc) is 3.19. The van der Waals surface area contributed by atoms with E-state index in [2.05, 4.69) is 33.5 Å². The van der Waals surface area contributed by atoms with Crippen LogP contribution in [0.1, 0.15) is 29.8 Å². The minimum absolute atomic E-state index is 0.0423. The Bertz CT molecular complexity index is 781. The van der Waals surface area contributed by atoms with Crippen LogP contribution in [0.15, 0.2) is 24.3 Å². The molecule has 0 saturated heterocycles. The first kappa shape index (κ1) is 17.3. The zero-order valence-corrected chi connectivity index (χ0v) is 15.8. The fraction of sp³-hybridized carbons (Fsp3) is 0.375. The van der Waals surface area contributed by atoms with Crippen molar-refractivity contribution >= 4 is 55.7 Å². The van der Waals surface area contributed by atoms with Gasteiger partial charge in [-0.25, -0.2) is 4.98 Å². The van der Waals surface area contributed by atoms with Crippen molar-refractivity contribution in [2.45, 2.75) is 31.9 Å². The molecule has 0 bridgehead atoms. The number of thiazole rings is 1. The van der Waals surface area contributed by atoms with Gasteiger partial charge >= 0.3 is 0 Å². The third-order valence-corrected chi connectivity index (χ3v) is 6.32. The Morgan fingerprint density at radius 2 is 2.08 bits per heavy atom. The molecule has 0 atom stereocenters. The van der Waals surface area contributed by atoms with E-state index in [0.717, 1.165) is 40.5 Å². The number of thioether (sulfide) groups is 1. The van der Waals surface area contributed by atoms with Gasteiger partial charge in [0.2, 0.25) is 11.0 Å². The Morgan fingerprint density at radius 3 is 2.92 bits per heavy atom. The maximum atomic E-state index is 12.0. The van der Waals surface area contributed by atoms with Crippen LogP contribution in [0, 0.1) is 0 Å². The summed E-state index contributed by atoms with van der Waals surface area (Å²) < 4.78 is 1.19. The smallest absolute Gasteiger partial charge is 0.236 e. The number of amides is 1. The number of nitrogens with zero attached hydrogens (tertiary/aromatic N) is 3. The molecule has 3 rings (SSSR count). The van der Waals surface area contributed by atoms with Gasteiger partial charge < -0.3 is 0 Å². The lowest BCUT2D eigenvalue weighted by molar-refractivity contribution is -0.113. The number of hydrogen-bond acceptors (Lipinski definition) is 7. The van der Waals surface area contributed by atoms with Crippen LogP contribution in [0.5, 0.6) is 0 Å². The molecule has 0 radical (unpaired) electrons. The average molecular weight is 379 g/mol. The third-order valence-electron chi connectivity index (χ3n) is 3.25. The molecule has 0 spiro atoms. The van der Waals surface area contributed by atoms with Gasteiger partial charge in [-0.05, 0) is 18.6 Å². The van der Waals surface area contributed by atoms with Gasteiger partial charge in [0.1, 0.15) is 10.0 Å². The van der Waals surface area contributed by atoms with Gasteiger partial charge in [-0.1, -0.05) is 36.8 Å². The Morgan fingerprint density at radius 1 is 1.21 bits per heavy atom. The maximum Gasteiger partial charge on any atom is 0.236 e. The Hall–Kier alpha value is -1.51. The molecule has 1 amide bonds. The van der Waals surface area contributed by atoms with Gasteiger partial charge in [-0.3, -0.25) is 10.1 Å². The quantitative estimate of drug-likeness (QED) is 0.631. The summed E-state index contributed by atoms with van der Waals surface area (Å²) in [5, 5.41) is 13.6. The molecule has 1 N–H and O–H groups in total. The number of benzene rings is 1. The van der Waals surface area contributed by atoms with E-state index in [4.69, 9.17) is 0 Å². The summed E-state index contributed by atoms with van der Waals surface area (Å²) in [6.07, 6.45) is 3.15. The first-order chi connectivity index (χ1) is 11.7. The zero-order valence-electron chi connectivity index (χ0n) is 13.3. The number of unbranched alkanes of at least 4 members (excludes halogenated alkanes) is 1. The lowest BCUT2D eigenvalue weighted by atomic mass is 10.3. The first-order valence-electron chi connectivity index (χ1n) is 7.79. The summed E-state index contributed by atoms with van der Waals surface area (Å²) in [4.78, 5) is 16.6. The van der Waals surface area contributed by atoms with Crippen molar-refractivity contribution in [1.29, 1.82) is 0 Å². The number of aromatic nitrogens is 3. The van der Waals surface area contributed by atoms with Crippen LogP contribution in [-0.2, 0) is 17.0 Å². The molecule has 2 aromatic heterocycles. The molecule has 5 nitrogen and oxygen atoms in total. The molecule has 0 aliphatic heterocycles. The number of hydrogen-bond donors (Lipinski definition) is 1. The Balaban J connectivity index is 1.44. The largest absolute Gasteiger partial charge is 0.300 e. The molecule has 0 fully saturated rings. The second-order valence-corrected chi connectivity index (χ2v) is 8.38. The van der Waals surface area contributed by atoms with Crippen LogP contribution in [0.4, 0.5) is 5.13 Å². The normalized spacial score (nSPS) is 11.0. The standard InChI is InChI=1S/C16H18N4OS3/c1-2-3-8-14-19-20-16(24-14)18-13(21)9-22-10-15-17-11-6-4-5-7-12(11)23-15/h4-7H,2-3,8-10H2,1H3,(H,18,20,21). The third kappa shape index (κ3) is 4.75. The SMILES string of the molecule is CCCCc1nnc(NC(=O)CSCc2nc3ccccc3s2)s1. The summed E-state index contributed by atoms with van der Waals surface area (Å²) >= 11 is 4.70. The minimum atomic E-state index is -0.0423. The monoisotopic (exact) mass is 378 g/mol. The van der Waals surface area contributed by atoms with Gasteiger partial charge in [0.15, 0.2) is 0 Å². The summed E-state index contributed by atoms with van der Waals surface area (Å²) in [6, 6.07) is 8.09. The van der Waals surface area contributed by atoms with E-state index in [-0.39, 0.29) is 5.91 Å². The molecule has 0 aliphatic carbocycles. The molecule has 0 unspecified atom stereocenters. The highest BCUT2D eigenvalue weighted by atomic mass is 32.2. The number of rotatable bonds is 8. The van der Waals surface area contributed by atoms with Crippen molar-refractivity contribution in [2.75, 3.05) is 11.1 Å². The van der Waals surface area contributed by atoms with E-state index in [0.29, 0.717) is 10.9 Å². The van der Waals surface area contributed by atoms with E-state index in [1.807, 2.05) is 18.2 Å². The molecule has 3 aromatic rings. The van der Waals surface area contributed by atoms with E-state index < -0.39 is 0 Å².